The van der Waals surface area contributed by atoms with Crippen molar-refractivity contribution in [3.05, 3.63) is 29.2 Å². The molecule has 1 saturated carbocycles. The minimum absolute atomic E-state index is 0.0296. The van der Waals surface area contributed by atoms with Crippen LogP contribution in [0.4, 0.5) is 19.0 Å². The van der Waals surface area contributed by atoms with Gasteiger partial charge in [-0.1, -0.05) is 6.92 Å². The fourth-order valence-corrected chi connectivity index (χ4v) is 4.33. The van der Waals surface area contributed by atoms with Crippen molar-refractivity contribution in [3.63, 3.8) is 0 Å². The Morgan fingerprint density at radius 2 is 1.97 bits per heavy atom. The van der Waals surface area contributed by atoms with Gasteiger partial charge in [0.05, 0.1) is 16.3 Å². The summed E-state index contributed by atoms with van der Waals surface area (Å²) in [5.74, 6) is 0.105. The lowest BCUT2D eigenvalue weighted by molar-refractivity contribution is -0.109. The highest BCUT2D eigenvalue weighted by Gasteiger charge is 2.41. The molecule has 0 bridgehead atoms. The summed E-state index contributed by atoms with van der Waals surface area (Å²) in [6.45, 7) is 1.47. The van der Waals surface area contributed by atoms with Crippen molar-refractivity contribution >= 4 is 28.0 Å². The van der Waals surface area contributed by atoms with E-state index in [0.29, 0.717) is 24.9 Å². The molecule has 2 heterocycles. The molecule has 0 radical (unpaired) electrons. The fourth-order valence-electron chi connectivity index (χ4n) is 3.31. The van der Waals surface area contributed by atoms with E-state index in [4.69, 9.17) is 0 Å². The lowest BCUT2D eigenvalue weighted by atomic mass is 10.2. The zero-order valence-electron chi connectivity index (χ0n) is 18.1. The van der Waals surface area contributed by atoms with Gasteiger partial charge in [-0.25, -0.2) is 18.4 Å². The van der Waals surface area contributed by atoms with E-state index in [9.17, 15) is 26.4 Å². The summed E-state index contributed by atoms with van der Waals surface area (Å²) in [6.07, 6.45) is -2.14. The number of halogens is 3. The molecule has 0 aromatic carbocycles. The van der Waals surface area contributed by atoms with Crippen molar-refractivity contribution in [2.75, 3.05) is 25.2 Å². The van der Waals surface area contributed by atoms with Crippen LogP contribution in [0, 0.1) is 0 Å². The van der Waals surface area contributed by atoms with Crippen LogP contribution in [0.3, 0.4) is 0 Å². The minimum Gasteiger partial charge on any atom is -0.373 e. The van der Waals surface area contributed by atoms with Crippen LogP contribution in [0.15, 0.2) is 22.7 Å². The predicted octanol–water partition coefficient (Wildman–Crippen LogP) is 3.13. The Hall–Kier alpha value is -2.89. The van der Waals surface area contributed by atoms with Gasteiger partial charge in [0.15, 0.2) is 21.9 Å². The summed E-state index contributed by atoms with van der Waals surface area (Å²) >= 11 is 0. The van der Waals surface area contributed by atoms with Gasteiger partial charge >= 0.3 is 6.18 Å². The second kappa shape index (κ2) is 8.57. The lowest BCUT2D eigenvalue weighted by Gasteiger charge is -2.24. The largest absolute Gasteiger partial charge is 0.431 e. The van der Waals surface area contributed by atoms with E-state index in [1.807, 2.05) is 0 Å². The Balaban J connectivity index is 2.25. The number of pyridine rings is 1. The number of nitrogens with zero attached hydrogens (tertiary/aromatic N) is 4. The molecule has 2 aromatic heterocycles. The molecule has 0 spiro atoms. The highest BCUT2D eigenvalue weighted by molar-refractivity contribution is 7.91. The maximum atomic E-state index is 13.7. The molecule has 8 nitrogen and oxygen atoms in total. The number of aromatic nitrogens is 3. The summed E-state index contributed by atoms with van der Waals surface area (Å²) in [5.41, 5.74) is -1.31. The summed E-state index contributed by atoms with van der Waals surface area (Å²) in [7, 11) is 0.643. The van der Waals surface area contributed by atoms with Gasteiger partial charge in [-0.3, -0.25) is 4.79 Å². The molecule has 2 aromatic rings. The van der Waals surface area contributed by atoms with Crippen LogP contribution in [0.5, 0.6) is 0 Å². The average Bonchev–Trinajstić information content (AvgIpc) is 3.54. The third-order valence-corrected chi connectivity index (χ3v) is 7.12. The van der Waals surface area contributed by atoms with Crippen molar-refractivity contribution in [2.45, 2.75) is 36.9 Å². The molecule has 174 valence electrons. The molecule has 0 saturated heterocycles. The van der Waals surface area contributed by atoms with Crippen LogP contribution in [0.2, 0.25) is 0 Å². The quantitative estimate of drug-likeness (QED) is 0.591. The molecule has 12 heteroatoms. The Bertz CT molecular complexity index is 1170. The van der Waals surface area contributed by atoms with Crippen molar-refractivity contribution in [3.8, 4) is 11.5 Å². The highest BCUT2D eigenvalue weighted by Crippen LogP contribution is 2.37. The molecule has 1 aliphatic rings. The van der Waals surface area contributed by atoms with Gasteiger partial charge in [0, 0.05) is 27.2 Å². The fraction of sp³-hybridized carbons (Fsp3) is 0.450. The number of carbonyl (C=O) groups is 1. The van der Waals surface area contributed by atoms with Gasteiger partial charge in [0.1, 0.15) is 22.9 Å². The third-order valence-electron chi connectivity index (χ3n) is 5.36. The number of sulfone groups is 1. The number of rotatable bonds is 8. The molecule has 1 aliphatic carbocycles. The number of hydrogen-bond acceptors (Lipinski definition) is 7. The van der Waals surface area contributed by atoms with Gasteiger partial charge in [0.2, 0.25) is 0 Å². The first kappa shape index (κ1) is 23.8. The van der Waals surface area contributed by atoms with E-state index in [-0.39, 0.29) is 39.6 Å². The summed E-state index contributed by atoms with van der Waals surface area (Å²) < 4.78 is 67.7. The van der Waals surface area contributed by atoms with Crippen LogP contribution < -0.4 is 5.32 Å². The minimum atomic E-state index is -4.66. The van der Waals surface area contributed by atoms with Gasteiger partial charge in [-0.05, 0) is 31.1 Å². The summed E-state index contributed by atoms with van der Waals surface area (Å²) in [5, 5.41) is 2.80. The zero-order valence-corrected chi connectivity index (χ0v) is 18.9. The lowest BCUT2D eigenvalue weighted by Crippen LogP contribution is -2.30. The van der Waals surface area contributed by atoms with Crippen LogP contribution >= 0.6 is 0 Å². The monoisotopic (exact) mass is 471 g/mol. The highest BCUT2D eigenvalue weighted by atomic mass is 32.2. The molecule has 1 N–H and O–H groups in total. The number of anilines is 1. The number of alkyl halides is 3. The molecule has 1 fully saturated rings. The molecule has 0 unspecified atom stereocenters. The predicted molar refractivity (Wildman–Crippen MR) is 114 cm³/mol. The number of imidazole rings is 1. The summed E-state index contributed by atoms with van der Waals surface area (Å²) in [4.78, 5) is 21.3. The average molecular weight is 472 g/mol. The number of aldehydes is 1. The maximum Gasteiger partial charge on any atom is 0.431 e. The first-order valence-corrected chi connectivity index (χ1v) is 11.5. The number of allylic oxidation sites excluding steroid dienone is 1. The topological polar surface area (TPSA) is 97.2 Å². The first-order valence-electron chi connectivity index (χ1n) is 9.90. The van der Waals surface area contributed by atoms with Gasteiger partial charge in [0.25, 0.3) is 0 Å². The van der Waals surface area contributed by atoms with E-state index in [2.05, 4.69) is 15.3 Å². The second-order valence-electron chi connectivity index (χ2n) is 7.45. The van der Waals surface area contributed by atoms with Crippen molar-refractivity contribution in [2.24, 2.45) is 7.05 Å². The van der Waals surface area contributed by atoms with E-state index in [1.165, 1.54) is 37.7 Å². The maximum absolute atomic E-state index is 13.7. The summed E-state index contributed by atoms with van der Waals surface area (Å²) in [6, 6.07) is 2.61. The Labute approximate surface area is 184 Å². The van der Waals surface area contributed by atoms with Crippen LogP contribution in [0.1, 0.15) is 35.9 Å². The third kappa shape index (κ3) is 4.50. The van der Waals surface area contributed by atoms with Crippen LogP contribution in [-0.4, -0.2) is 66.2 Å². The zero-order chi connectivity index (χ0) is 23.8. The van der Waals surface area contributed by atoms with Crippen molar-refractivity contribution < 1.29 is 26.4 Å². The molecule has 0 aliphatic heterocycles. The van der Waals surface area contributed by atoms with Crippen LogP contribution in [0.25, 0.3) is 17.6 Å². The second-order valence-corrected chi connectivity index (χ2v) is 9.70. The molecular formula is C20H24F3N5O3S. The number of hydrogen-bond donors (Lipinski definition) is 1. The SMILES string of the molecule is CCS(=O)(=O)c1ccc(NC)nc1-c1nc(/C=C(\N(C)C2CC2)C(F)(F)F)c(C=O)n1C. The Morgan fingerprint density at radius 1 is 1.31 bits per heavy atom. The molecular weight excluding hydrogens is 447 g/mol. The van der Waals surface area contributed by atoms with E-state index in [0.717, 1.165) is 11.0 Å². The number of nitrogens with one attached hydrogen (secondary N) is 1. The Morgan fingerprint density at radius 3 is 2.47 bits per heavy atom. The Kier molecular flexibility index (Phi) is 6.36. The van der Waals surface area contributed by atoms with Crippen molar-refractivity contribution in [1.82, 2.24) is 19.4 Å². The molecule has 3 rings (SSSR count). The van der Waals surface area contributed by atoms with Crippen molar-refractivity contribution in [1.29, 1.82) is 0 Å². The van der Waals surface area contributed by atoms with Gasteiger partial charge in [-0.15, -0.1) is 0 Å². The van der Waals surface area contributed by atoms with Gasteiger partial charge < -0.3 is 14.8 Å². The van der Waals surface area contributed by atoms with E-state index in [1.54, 1.807) is 7.05 Å². The molecule has 0 amide bonds. The number of carbonyl (C=O) groups excluding carboxylic acids is 1. The van der Waals surface area contributed by atoms with Gasteiger partial charge in [-0.2, -0.15) is 13.2 Å². The normalized spacial score (nSPS) is 15.0. The molecule has 32 heavy (non-hydrogen) atoms. The standard InChI is InChI=1S/C20H24F3N5O3S/c1-5-32(30,31)15-8-9-17(24-2)26-18(15)19-25-13(14(11-29)28(19)4)10-16(20(21,22)23)27(3)12-6-7-12/h8-12H,5-7H2,1-4H3,(H,24,26)/b16-10-. The molecule has 0 atom stereocenters. The van der Waals surface area contributed by atoms with Crippen LogP contribution in [-0.2, 0) is 16.9 Å². The van der Waals surface area contributed by atoms with E-state index >= 15 is 0 Å². The van der Waals surface area contributed by atoms with E-state index < -0.39 is 21.7 Å². The smallest absolute Gasteiger partial charge is 0.373 e. The first-order chi connectivity index (χ1) is 14.9.